The third-order valence-electron chi connectivity index (χ3n) is 5.13. The van der Waals surface area contributed by atoms with E-state index in [1.165, 1.54) is 34.6 Å². The number of anilines is 1. The zero-order valence-corrected chi connectivity index (χ0v) is 19.6. The Kier molecular flexibility index (Phi) is 7.76. The Morgan fingerprint density at radius 2 is 1.57 bits per heavy atom. The second kappa shape index (κ2) is 11.1. The van der Waals surface area contributed by atoms with E-state index < -0.39 is 28.5 Å². The zero-order chi connectivity index (χ0) is 24.7. The number of carbonyl (C=O) groups is 2. The van der Waals surface area contributed by atoms with Crippen molar-refractivity contribution in [3.8, 4) is 11.5 Å². The maximum atomic E-state index is 12.7. The van der Waals surface area contributed by atoms with E-state index in [0.717, 1.165) is 0 Å². The lowest BCUT2D eigenvalue weighted by atomic mass is 10.2. The van der Waals surface area contributed by atoms with Crippen molar-refractivity contribution in [2.24, 2.45) is 0 Å². The van der Waals surface area contributed by atoms with Crippen molar-refractivity contribution in [1.29, 1.82) is 0 Å². The van der Waals surface area contributed by atoms with Crippen molar-refractivity contribution in [2.75, 3.05) is 38.2 Å². The lowest BCUT2D eigenvalue weighted by Crippen LogP contribution is -2.40. The Bertz CT molecular complexity index is 1270. The van der Waals surface area contributed by atoms with Crippen LogP contribution in [0.4, 0.5) is 5.69 Å². The average Bonchev–Trinajstić information content (AvgIpc) is 2.89. The van der Waals surface area contributed by atoms with Gasteiger partial charge in [-0.05, 0) is 54.6 Å². The molecular formula is C25H24N2O7S. The van der Waals surface area contributed by atoms with Gasteiger partial charge >= 0.3 is 5.97 Å². The number of esters is 1. The highest BCUT2D eigenvalue weighted by atomic mass is 32.2. The molecule has 0 atom stereocenters. The van der Waals surface area contributed by atoms with Gasteiger partial charge in [-0.1, -0.05) is 24.3 Å². The van der Waals surface area contributed by atoms with E-state index in [-0.39, 0.29) is 10.5 Å². The van der Waals surface area contributed by atoms with Gasteiger partial charge in [0.2, 0.25) is 10.0 Å². The van der Waals surface area contributed by atoms with Gasteiger partial charge < -0.3 is 19.5 Å². The summed E-state index contributed by atoms with van der Waals surface area (Å²) in [5.74, 6) is -0.146. The predicted molar refractivity (Wildman–Crippen MR) is 128 cm³/mol. The molecule has 35 heavy (non-hydrogen) atoms. The van der Waals surface area contributed by atoms with Crippen LogP contribution in [0.1, 0.15) is 10.4 Å². The van der Waals surface area contributed by atoms with Crippen molar-refractivity contribution in [2.45, 2.75) is 4.90 Å². The molecule has 1 N–H and O–H groups in total. The van der Waals surface area contributed by atoms with Crippen molar-refractivity contribution >= 4 is 27.6 Å². The van der Waals surface area contributed by atoms with E-state index in [0.29, 0.717) is 43.5 Å². The van der Waals surface area contributed by atoms with Crippen molar-refractivity contribution in [1.82, 2.24) is 4.31 Å². The van der Waals surface area contributed by atoms with Gasteiger partial charge in [-0.3, -0.25) is 4.79 Å². The normalized spacial score (nSPS) is 14.2. The third-order valence-corrected chi connectivity index (χ3v) is 7.04. The summed E-state index contributed by atoms with van der Waals surface area (Å²) in [5, 5.41) is 2.58. The number of sulfonamides is 1. The number of amides is 1. The molecule has 0 saturated carbocycles. The number of carbonyl (C=O) groups excluding carboxylic acids is 2. The molecule has 10 heteroatoms. The van der Waals surface area contributed by atoms with Gasteiger partial charge in [0.05, 0.1) is 23.7 Å². The van der Waals surface area contributed by atoms with Gasteiger partial charge in [-0.2, -0.15) is 4.31 Å². The Morgan fingerprint density at radius 1 is 0.886 bits per heavy atom. The molecule has 1 saturated heterocycles. The summed E-state index contributed by atoms with van der Waals surface area (Å²) < 4.78 is 42.7. The number of nitrogens with zero attached hydrogens (tertiary/aromatic N) is 1. The first-order valence-electron chi connectivity index (χ1n) is 10.9. The molecule has 0 spiro atoms. The summed E-state index contributed by atoms with van der Waals surface area (Å²) in [5.41, 5.74) is 0.620. The fourth-order valence-corrected chi connectivity index (χ4v) is 4.78. The minimum absolute atomic E-state index is 0.126. The number of para-hydroxylation sites is 1. The Labute approximate surface area is 203 Å². The highest BCUT2D eigenvalue weighted by molar-refractivity contribution is 7.89. The fraction of sp³-hybridized carbons (Fsp3) is 0.200. The van der Waals surface area contributed by atoms with Gasteiger partial charge in [0, 0.05) is 18.8 Å². The van der Waals surface area contributed by atoms with E-state index in [1.807, 2.05) is 18.2 Å². The van der Waals surface area contributed by atoms with Crippen molar-refractivity contribution in [3.05, 3.63) is 84.4 Å². The molecule has 182 valence electrons. The van der Waals surface area contributed by atoms with E-state index >= 15 is 0 Å². The largest absolute Gasteiger partial charge is 0.457 e. The molecule has 1 aliphatic heterocycles. The highest BCUT2D eigenvalue weighted by Gasteiger charge is 2.26. The molecule has 3 aromatic carbocycles. The maximum absolute atomic E-state index is 12.7. The minimum atomic E-state index is -3.62. The van der Waals surface area contributed by atoms with Gasteiger partial charge in [-0.25, -0.2) is 13.2 Å². The van der Waals surface area contributed by atoms with Gasteiger partial charge in [0.15, 0.2) is 6.61 Å². The fourth-order valence-electron chi connectivity index (χ4n) is 3.37. The van der Waals surface area contributed by atoms with Crippen LogP contribution in [0, 0.1) is 0 Å². The van der Waals surface area contributed by atoms with Gasteiger partial charge in [0.1, 0.15) is 11.5 Å². The first-order chi connectivity index (χ1) is 16.9. The molecular weight excluding hydrogens is 472 g/mol. The summed E-state index contributed by atoms with van der Waals surface area (Å²) in [6.45, 7) is 0.810. The number of nitrogens with one attached hydrogen (secondary N) is 1. The number of benzene rings is 3. The van der Waals surface area contributed by atoms with Crippen LogP contribution in [-0.4, -0.2) is 57.5 Å². The molecule has 0 aromatic heterocycles. The molecule has 4 rings (SSSR count). The minimum Gasteiger partial charge on any atom is -0.457 e. The van der Waals surface area contributed by atoms with Crippen LogP contribution < -0.4 is 10.1 Å². The Balaban J connectivity index is 1.30. The predicted octanol–water partition coefficient (Wildman–Crippen LogP) is 3.30. The molecule has 1 fully saturated rings. The lowest BCUT2D eigenvalue weighted by Gasteiger charge is -2.26. The van der Waals surface area contributed by atoms with Gasteiger partial charge in [-0.15, -0.1) is 0 Å². The van der Waals surface area contributed by atoms with Crippen LogP contribution in [0.3, 0.4) is 0 Å². The maximum Gasteiger partial charge on any atom is 0.338 e. The van der Waals surface area contributed by atoms with Crippen LogP contribution in [0.2, 0.25) is 0 Å². The molecule has 0 aliphatic carbocycles. The molecule has 9 nitrogen and oxygen atoms in total. The summed E-state index contributed by atoms with van der Waals surface area (Å²) in [7, 11) is -3.62. The molecule has 1 heterocycles. The topological polar surface area (TPSA) is 111 Å². The Morgan fingerprint density at radius 3 is 2.29 bits per heavy atom. The quantitative estimate of drug-likeness (QED) is 0.477. The first-order valence-corrected chi connectivity index (χ1v) is 12.3. The van der Waals surface area contributed by atoms with Crippen LogP contribution in [0.25, 0.3) is 0 Å². The standard InChI is InChI=1S/C25H24N2O7S/c28-24(26-20-9-11-23(12-10-20)35(30,31)27-13-15-32-16-14-27)18-33-25(29)19-5-4-8-22(17-19)34-21-6-2-1-3-7-21/h1-12,17H,13-16,18H2,(H,26,28). The number of hydrogen-bond acceptors (Lipinski definition) is 7. The van der Waals surface area contributed by atoms with Crippen molar-refractivity contribution < 1.29 is 32.2 Å². The molecule has 1 amide bonds. The van der Waals surface area contributed by atoms with E-state index in [2.05, 4.69) is 5.32 Å². The van der Waals surface area contributed by atoms with Crippen LogP contribution in [0.5, 0.6) is 11.5 Å². The summed E-state index contributed by atoms with van der Waals surface area (Å²) in [4.78, 5) is 24.7. The monoisotopic (exact) mass is 496 g/mol. The number of rotatable bonds is 8. The summed E-state index contributed by atoms with van der Waals surface area (Å²) in [6.07, 6.45) is 0. The zero-order valence-electron chi connectivity index (χ0n) is 18.8. The second-order valence-electron chi connectivity index (χ2n) is 7.61. The third kappa shape index (κ3) is 6.44. The lowest BCUT2D eigenvalue weighted by molar-refractivity contribution is -0.119. The molecule has 0 radical (unpaired) electrons. The molecule has 3 aromatic rings. The summed E-state index contributed by atoms with van der Waals surface area (Å²) in [6, 6.07) is 21.4. The number of ether oxygens (including phenoxy) is 3. The number of morpholine rings is 1. The first kappa shape index (κ1) is 24.4. The van der Waals surface area contributed by atoms with Crippen LogP contribution >= 0.6 is 0 Å². The van der Waals surface area contributed by atoms with Crippen LogP contribution in [-0.2, 0) is 24.3 Å². The highest BCUT2D eigenvalue weighted by Crippen LogP contribution is 2.22. The van der Waals surface area contributed by atoms with Crippen molar-refractivity contribution in [3.63, 3.8) is 0 Å². The van der Waals surface area contributed by atoms with E-state index in [4.69, 9.17) is 14.2 Å². The van der Waals surface area contributed by atoms with E-state index in [9.17, 15) is 18.0 Å². The summed E-state index contributed by atoms with van der Waals surface area (Å²) >= 11 is 0. The van der Waals surface area contributed by atoms with Crippen LogP contribution in [0.15, 0.2) is 83.8 Å². The SMILES string of the molecule is O=C(COC(=O)c1cccc(Oc2ccccc2)c1)Nc1ccc(S(=O)(=O)N2CCOCC2)cc1. The molecule has 0 unspecified atom stereocenters. The second-order valence-corrected chi connectivity index (χ2v) is 9.55. The van der Waals surface area contributed by atoms with E-state index in [1.54, 1.807) is 30.3 Å². The molecule has 1 aliphatic rings. The average molecular weight is 497 g/mol. The smallest absolute Gasteiger partial charge is 0.338 e. The number of hydrogen-bond donors (Lipinski definition) is 1. The Hall–Kier alpha value is -3.73. The molecule has 0 bridgehead atoms. The van der Waals surface area contributed by atoms with Gasteiger partial charge in [0.25, 0.3) is 5.91 Å².